The van der Waals surface area contributed by atoms with Crippen molar-refractivity contribution in [3.8, 4) is 5.88 Å². The summed E-state index contributed by atoms with van der Waals surface area (Å²) >= 11 is 0. The summed E-state index contributed by atoms with van der Waals surface area (Å²) in [6.45, 7) is 2.08. The first-order valence-electron chi connectivity index (χ1n) is 8.30. The second-order valence-electron chi connectivity index (χ2n) is 5.96. The summed E-state index contributed by atoms with van der Waals surface area (Å²) in [6.07, 6.45) is 6.20. The average molecular weight is 320 g/mol. The lowest BCUT2D eigenvalue weighted by atomic mass is 9.90. The molecule has 0 unspecified atom stereocenters. The Bertz CT molecular complexity index is 535. The maximum absolute atomic E-state index is 13.0. The highest BCUT2D eigenvalue weighted by Gasteiger charge is 2.37. The first-order chi connectivity index (χ1) is 11.3. The van der Waals surface area contributed by atoms with Gasteiger partial charge >= 0.3 is 0 Å². The number of nitrogens with zero attached hydrogens (tertiary/aromatic N) is 2. The van der Waals surface area contributed by atoms with E-state index in [9.17, 15) is 4.79 Å². The highest BCUT2D eigenvalue weighted by Crippen LogP contribution is 2.30. The number of carbonyl (C=O) groups is 1. The van der Waals surface area contributed by atoms with Gasteiger partial charge in [-0.2, -0.15) is 0 Å². The first kappa shape index (κ1) is 16.2. The molecule has 0 N–H and O–H groups in total. The number of carbonyl (C=O) groups excluding carboxylic acids is 1. The molecule has 1 amide bonds. The third-order valence-corrected chi connectivity index (χ3v) is 4.52. The van der Waals surface area contributed by atoms with Crippen LogP contribution >= 0.6 is 0 Å². The van der Waals surface area contributed by atoms with E-state index >= 15 is 0 Å². The number of aromatic nitrogens is 1. The van der Waals surface area contributed by atoms with E-state index in [1.807, 2.05) is 4.90 Å². The zero-order chi connectivity index (χ0) is 16.1. The lowest BCUT2D eigenvalue weighted by Crippen LogP contribution is -2.54. The molecule has 2 fully saturated rings. The van der Waals surface area contributed by atoms with Crippen molar-refractivity contribution < 1.29 is 19.0 Å². The van der Waals surface area contributed by atoms with E-state index in [4.69, 9.17) is 14.2 Å². The fraction of sp³-hybridized carbons (Fsp3) is 0.647. The summed E-state index contributed by atoms with van der Waals surface area (Å²) in [6, 6.07) is 3.73. The molecule has 1 aliphatic heterocycles. The van der Waals surface area contributed by atoms with Crippen LogP contribution in [-0.2, 0) is 9.47 Å². The highest BCUT2D eigenvalue weighted by molar-refractivity contribution is 5.96. The quantitative estimate of drug-likeness (QED) is 0.775. The number of fused-ring (bicyclic) bond motifs is 1. The fourth-order valence-electron chi connectivity index (χ4n) is 3.39. The van der Waals surface area contributed by atoms with E-state index in [1.54, 1.807) is 25.4 Å². The molecule has 0 radical (unpaired) electrons. The summed E-state index contributed by atoms with van der Waals surface area (Å²) < 4.78 is 16.4. The lowest BCUT2D eigenvalue weighted by Gasteiger charge is -2.43. The van der Waals surface area contributed by atoms with Crippen molar-refractivity contribution in [3.63, 3.8) is 0 Å². The molecule has 6 heteroatoms. The lowest BCUT2D eigenvalue weighted by molar-refractivity contribution is -0.0753. The molecular formula is C17H24N2O4. The van der Waals surface area contributed by atoms with Crippen molar-refractivity contribution in [2.24, 2.45) is 0 Å². The van der Waals surface area contributed by atoms with Crippen molar-refractivity contribution in [1.82, 2.24) is 9.88 Å². The van der Waals surface area contributed by atoms with E-state index in [0.29, 0.717) is 37.8 Å². The molecule has 1 saturated carbocycles. The molecule has 3 rings (SSSR count). The minimum absolute atomic E-state index is 0.00860. The number of pyridine rings is 1. The Hall–Kier alpha value is -1.66. The number of hydrogen-bond acceptors (Lipinski definition) is 5. The molecule has 0 aromatic carbocycles. The molecule has 23 heavy (non-hydrogen) atoms. The predicted octanol–water partition coefficient (Wildman–Crippen LogP) is 1.89. The number of amides is 1. The molecule has 0 bridgehead atoms. The van der Waals surface area contributed by atoms with Gasteiger partial charge in [-0.25, -0.2) is 4.98 Å². The van der Waals surface area contributed by atoms with Crippen LogP contribution in [-0.4, -0.2) is 61.4 Å². The van der Waals surface area contributed by atoms with Gasteiger partial charge in [-0.15, -0.1) is 0 Å². The summed E-state index contributed by atoms with van der Waals surface area (Å²) in [5.74, 6) is 0.374. The Morgan fingerprint density at radius 3 is 3.13 bits per heavy atom. The van der Waals surface area contributed by atoms with Crippen molar-refractivity contribution in [2.45, 2.75) is 37.8 Å². The fourth-order valence-corrected chi connectivity index (χ4v) is 3.39. The molecule has 6 nitrogen and oxygen atoms in total. The molecule has 1 aliphatic carbocycles. The Labute approximate surface area is 136 Å². The molecule has 0 spiro atoms. The predicted molar refractivity (Wildman–Crippen MR) is 84.6 cm³/mol. The molecule has 2 heterocycles. The van der Waals surface area contributed by atoms with Gasteiger partial charge in [-0.3, -0.25) is 4.79 Å². The summed E-state index contributed by atoms with van der Waals surface area (Å²) in [7, 11) is 1.62. The van der Waals surface area contributed by atoms with Crippen LogP contribution < -0.4 is 4.74 Å². The maximum atomic E-state index is 13.0. The second-order valence-corrected chi connectivity index (χ2v) is 5.96. The third-order valence-electron chi connectivity index (χ3n) is 4.52. The number of hydrogen-bond donors (Lipinski definition) is 0. The average Bonchev–Trinajstić information content (AvgIpc) is 2.61. The third kappa shape index (κ3) is 3.64. The molecule has 1 aromatic rings. The second kappa shape index (κ2) is 7.75. The number of ether oxygens (including phenoxy) is 3. The van der Waals surface area contributed by atoms with E-state index < -0.39 is 0 Å². The monoisotopic (exact) mass is 320 g/mol. The van der Waals surface area contributed by atoms with Gasteiger partial charge in [0.15, 0.2) is 0 Å². The Morgan fingerprint density at radius 2 is 2.26 bits per heavy atom. The van der Waals surface area contributed by atoms with Gasteiger partial charge in [-0.1, -0.05) is 12.8 Å². The van der Waals surface area contributed by atoms with Gasteiger partial charge < -0.3 is 19.1 Å². The van der Waals surface area contributed by atoms with Crippen LogP contribution in [0.15, 0.2) is 18.3 Å². The largest absolute Gasteiger partial charge is 0.475 e. The molecule has 2 aliphatic rings. The van der Waals surface area contributed by atoms with E-state index in [2.05, 4.69) is 4.98 Å². The van der Waals surface area contributed by atoms with Crippen LogP contribution in [0.2, 0.25) is 0 Å². The Kier molecular flexibility index (Phi) is 5.46. The number of rotatable bonds is 5. The number of methoxy groups -OCH3 is 1. The van der Waals surface area contributed by atoms with Gasteiger partial charge in [0.05, 0.1) is 25.4 Å². The number of morpholine rings is 1. The molecule has 1 saturated heterocycles. The van der Waals surface area contributed by atoms with Gasteiger partial charge in [0.1, 0.15) is 12.2 Å². The van der Waals surface area contributed by atoms with Crippen LogP contribution in [0.4, 0.5) is 0 Å². The summed E-state index contributed by atoms with van der Waals surface area (Å²) in [5, 5.41) is 0. The first-order valence-corrected chi connectivity index (χ1v) is 8.30. The Balaban J connectivity index is 1.76. The Morgan fingerprint density at radius 1 is 1.39 bits per heavy atom. The van der Waals surface area contributed by atoms with Gasteiger partial charge in [-0.05, 0) is 25.0 Å². The standard InChI is InChI=1S/C17H24N2O4/c1-21-11-12-23-16-13(5-4-8-18-16)17(20)19-9-10-22-15-7-3-2-6-14(15)19/h4-5,8,14-15H,2-3,6-7,9-12H2,1H3/t14-,15-/m0/s1. The topological polar surface area (TPSA) is 60.9 Å². The van der Waals surface area contributed by atoms with Crippen molar-refractivity contribution in [3.05, 3.63) is 23.9 Å². The maximum Gasteiger partial charge on any atom is 0.259 e. The van der Waals surface area contributed by atoms with Gasteiger partial charge in [0, 0.05) is 19.9 Å². The molecule has 126 valence electrons. The van der Waals surface area contributed by atoms with Crippen LogP contribution in [0, 0.1) is 0 Å². The highest BCUT2D eigenvalue weighted by atomic mass is 16.5. The van der Waals surface area contributed by atoms with E-state index in [0.717, 1.165) is 19.3 Å². The van der Waals surface area contributed by atoms with Crippen LogP contribution in [0.1, 0.15) is 36.0 Å². The van der Waals surface area contributed by atoms with E-state index in [-0.39, 0.29) is 18.1 Å². The van der Waals surface area contributed by atoms with Crippen molar-refractivity contribution >= 4 is 5.91 Å². The van der Waals surface area contributed by atoms with E-state index in [1.165, 1.54) is 6.42 Å². The zero-order valence-corrected chi connectivity index (χ0v) is 13.6. The smallest absolute Gasteiger partial charge is 0.259 e. The molecular weight excluding hydrogens is 296 g/mol. The van der Waals surface area contributed by atoms with Gasteiger partial charge in [0.2, 0.25) is 5.88 Å². The minimum Gasteiger partial charge on any atom is -0.475 e. The van der Waals surface area contributed by atoms with Crippen molar-refractivity contribution in [1.29, 1.82) is 0 Å². The van der Waals surface area contributed by atoms with Crippen LogP contribution in [0.3, 0.4) is 0 Å². The summed E-state index contributed by atoms with van der Waals surface area (Å²) in [4.78, 5) is 19.2. The summed E-state index contributed by atoms with van der Waals surface area (Å²) in [5.41, 5.74) is 0.523. The molecule has 1 aromatic heterocycles. The van der Waals surface area contributed by atoms with Crippen molar-refractivity contribution in [2.75, 3.05) is 33.5 Å². The molecule has 2 atom stereocenters. The SMILES string of the molecule is COCCOc1ncccc1C(=O)N1CCO[C@H]2CCCC[C@@H]21. The van der Waals surface area contributed by atoms with Crippen LogP contribution in [0.5, 0.6) is 5.88 Å². The zero-order valence-electron chi connectivity index (χ0n) is 13.6. The van der Waals surface area contributed by atoms with Crippen LogP contribution in [0.25, 0.3) is 0 Å². The minimum atomic E-state index is -0.00860. The normalized spacial score (nSPS) is 24.1. The van der Waals surface area contributed by atoms with Gasteiger partial charge in [0.25, 0.3) is 5.91 Å².